The van der Waals surface area contributed by atoms with Crippen LogP contribution < -0.4 is 5.32 Å². The first-order chi connectivity index (χ1) is 8.55. The highest BCUT2D eigenvalue weighted by atomic mass is 28.4. The number of aryl methyl sites for hydroxylation is 2. The van der Waals surface area contributed by atoms with E-state index in [0.717, 1.165) is 11.7 Å². The van der Waals surface area contributed by atoms with Crippen molar-refractivity contribution < 1.29 is 13.3 Å². The summed E-state index contributed by atoms with van der Waals surface area (Å²) >= 11 is 0. The molecule has 102 valence electrons. The summed E-state index contributed by atoms with van der Waals surface area (Å²) in [5, 5.41) is 3.24. The molecule has 0 atom stereocenters. The molecule has 4 nitrogen and oxygen atoms in total. The van der Waals surface area contributed by atoms with Crippen molar-refractivity contribution in [2.24, 2.45) is 0 Å². The topological polar surface area (TPSA) is 39.7 Å². The SMILES string of the molecule is CC[Si](OC)(OC)OCNc1cc(C)cc(C)c1. The van der Waals surface area contributed by atoms with E-state index in [9.17, 15) is 0 Å². The zero-order valence-electron chi connectivity index (χ0n) is 11.9. The molecule has 18 heavy (non-hydrogen) atoms. The van der Waals surface area contributed by atoms with Gasteiger partial charge in [-0.3, -0.25) is 0 Å². The van der Waals surface area contributed by atoms with Crippen molar-refractivity contribution in [3.63, 3.8) is 0 Å². The highest BCUT2D eigenvalue weighted by Crippen LogP contribution is 2.16. The molecule has 1 aromatic carbocycles. The largest absolute Gasteiger partial charge is 0.501 e. The summed E-state index contributed by atoms with van der Waals surface area (Å²) in [6, 6.07) is 7.08. The molecule has 1 aromatic rings. The van der Waals surface area contributed by atoms with Gasteiger partial charge < -0.3 is 18.6 Å². The van der Waals surface area contributed by atoms with Gasteiger partial charge in [-0.1, -0.05) is 13.0 Å². The van der Waals surface area contributed by atoms with Gasteiger partial charge in [-0.05, 0) is 37.1 Å². The summed E-state index contributed by atoms with van der Waals surface area (Å²) in [6.45, 7) is 6.56. The van der Waals surface area contributed by atoms with Crippen LogP contribution in [0.5, 0.6) is 0 Å². The zero-order chi connectivity index (χ0) is 13.6. The average molecular weight is 269 g/mol. The molecule has 0 aromatic heterocycles. The Kier molecular flexibility index (Phi) is 5.81. The van der Waals surface area contributed by atoms with E-state index >= 15 is 0 Å². The van der Waals surface area contributed by atoms with Gasteiger partial charge >= 0.3 is 8.80 Å². The van der Waals surface area contributed by atoms with Crippen LogP contribution in [0.25, 0.3) is 0 Å². The van der Waals surface area contributed by atoms with Crippen LogP contribution >= 0.6 is 0 Å². The molecule has 0 aliphatic heterocycles. The minimum Gasteiger partial charge on any atom is -0.377 e. The first-order valence-electron chi connectivity index (χ1n) is 6.11. The van der Waals surface area contributed by atoms with Crippen LogP contribution in [0.1, 0.15) is 18.1 Å². The van der Waals surface area contributed by atoms with Gasteiger partial charge in [-0.25, -0.2) is 0 Å². The highest BCUT2D eigenvalue weighted by Gasteiger charge is 2.36. The van der Waals surface area contributed by atoms with Crippen LogP contribution in [0.2, 0.25) is 6.04 Å². The van der Waals surface area contributed by atoms with Gasteiger partial charge in [-0.15, -0.1) is 0 Å². The fraction of sp³-hybridized carbons (Fsp3) is 0.538. The van der Waals surface area contributed by atoms with E-state index in [1.54, 1.807) is 14.2 Å². The summed E-state index contributed by atoms with van der Waals surface area (Å²) in [5.41, 5.74) is 3.52. The maximum Gasteiger partial charge on any atom is 0.501 e. The van der Waals surface area contributed by atoms with Gasteiger partial charge in [-0.2, -0.15) is 0 Å². The molecule has 5 heteroatoms. The maximum atomic E-state index is 5.74. The van der Waals surface area contributed by atoms with Gasteiger partial charge in [0.25, 0.3) is 0 Å². The van der Waals surface area contributed by atoms with Crippen molar-refractivity contribution in [2.75, 3.05) is 26.3 Å². The molecule has 1 rings (SSSR count). The molecule has 0 saturated heterocycles. The Morgan fingerprint density at radius 1 is 1.06 bits per heavy atom. The summed E-state index contributed by atoms with van der Waals surface area (Å²) in [5.74, 6) is 0. The third kappa shape index (κ3) is 4.10. The number of hydrogen-bond acceptors (Lipinski definition) is 4. The van der Waals surface area contributed by atoms with Crippen molar-refractivity contribution in [1.82, 2.24) is 0 Å². The third-order valence-electron chi connectivity index (χ3n) is 2.85. The molecule has 0 aliphatic carbocycles. The number of benzene rings is 1. The summed E-state index contributed by atoms with van der Waals surface area (Å²) in [4.78, 5) is 0. The predicted molar refractivity (Wildman–Crippen MR) is 75.7 cm³/mol. The van der Waals surface area contributed by atoms with E-state index in [1.807, 2.05) is 6.92 Å². The van der Waals surface area contributed by atoms with Crippen LogP contribution in [0.4, 0.5) is 5.69 Å². The Hall–Kier alpha value is -0.883. The lowest BCUT2D eigenvalue weighted by Crippen LogP contribution is -2.44. The van der Waals surface area contributed by atoms with Gasteiger partial charge in [0.05, 0.1) is 0 Å². The number of rotatable bonds is 7. The van der Waals surface area contributed by atoms with Crippen molar-refractivity contribution in [3.8, 4) is 0 Å². The van der Waals surface area contributed by atoms with Crippen LogP contribution in [0.3, 0.4) is 0 Å². The van der Waals surface area contributed by atoms with E-state index < -0.39 is 8.80 Å². The van der Waals surface area contributed by atoms with E-state index in [0.29, 0.717) is 6.73 Å². The Balaban J connectivity index is 2.55. The molecule has 0 amide bonds. The Morgan fingerprint density at radius 2 is 1.61 bits per heavy atom. The van der Waals surface area contributed by atoms with Gasteiger partial charge in [0, 0.05) is 26.0 Å². The minimum absolute atomic E-state index is 0.393. The average Bonchev–Trinajstić information content (AvgIpc) is 2.34. The Labute approximate surface area is 111 Å². The van der Waals surface area contributed by atoms with Crippen LogP contribution in [0.15, 0.2) is 18.2 Å². The van der Waals surface area contributed by atoms with Crippen LogP contribution in [-0.2, 0) is 13.3 Å². The lowest BCUT2D eigenvalue weighted by Gasteiger charge is -2.25. The fourth-order valence-electron chi connectivity index (χ4n) is 1.90. The zero-order valence-corrected chi connectivity index (χ0v) is 12.9. The van der Waals surface area contributed by atoms with Gasteiger partial charge in [0.15, 0.2) is 0 Å². The lowest BCUT2D eigenvalue weighted by atomic mass is 10.1. The molecular formula is C13H23NO3Si. The van der Waals surface area contributed by atoms with Crippen molar-refractivity contribution in [1.29, 1.82) is 0 Å². The molecule has 0 saturated carbocycles. The van der Waals surface area contributed by atoms with Crippen LogP contribution in [0, 0.1) is 13.8 Å². The Morgan fingerprint density at radius 3 is 2.06 bits per heavy atom. The molecule has 0 aliphatic rings. The van der Waals surface area contributed by atoms with Gasteiger partial charge in [0.2, 0.25) is 0 Å². The second-order valence-electron chi connectivity index (χ2n) is 4.29. The lowest BCUT2D eigenvalue weighted by molar-refractivity contribution is 0.107. The number of hydrogen-bond donors (Lipinski definition) is 1. The molecule has 0 radical (unpaired) electrons. The predicted octanol–water partition coefficient (Wildman–Crippen LogP) is 2.94. The molecule has 0 heterocycles. The smallest absolute Gasteiger partial charge is 0.377 e. The van der Waals surface area contributed by atoms with E-state index in [1.165, 1.54) is 11.1 Å². The normalized spacial score (nSPS) is 11.6. The second-order valence-corrected chi connectivity index (χ2v) is 7.46. The molecule has 0 bridgehead atoms. The quantitative estimate of drug-likeness (QED) is 0.610. The highest BCUT2D eigenvalue weighted by molar-refractivity contribution is 6.60. The molecule has 0 spiro atoms. The van der Waals surface area contributed by atoms with Crippen molar-refractivity contribution in [3.05, 3.63) is 29.3 Å². The summed E-state index contributed by atoms with van der Waals surface area (Å²) in [7, 11) is 0.809. The first kappa shape index (κ1) is 15.2. The molecule has 0 unspecified atom stereocenters. The van der Waals surface area contributed by atoms with Crippen LogP contribution in [-0.4, -0.2) is 29.8 Å². The van der Waals surface area contributed by atoms with E-state index in [-0.39, 0.29) is 0 Å². The molecule has 1 N–H and O–H groups in total. The van der Waals surface area contributed by atoms with Gasteiger partial charge in [0.1, 0.15) is 6.73 Å². The third-order valence-corrected chi connectivity index (χ3v) is 5.54. The minimum atomic E-state index is -2.46. The van der Waals surface area contributed by atoms with E-state index in [4.69, 9.17) is 13.3 Å². The number of nitrogens with one attached hydrogen (secondary N) is 1. The second kappa shape index (κ2) is 6.89. The molecular weight excluding hydrogens is 246 g/mol. The van der Waals surface area contributed by atoms with Crippen molar-refractivity contribution >= 4 is 14.5 Å². The summed E-state index contributed by atoms with van der Waals surface area (Å²) < 4.78 is 16.5. The van der Waals surface area contributed by atoms with Crippen molar-refractivity contribution in [2.45, 2.75) is 26.8 Å². The fourth-order valence-corrected chi connectivity index (χ4v) is 3.37. The molecule has 0 fully saturated rings. The standard InChI is InChI=1S/C13H23NO3Si/c1-6-18(15-4,16-5)17-10-14-13-8-11(2)7-12(3)9-13/h7-9,14H,6,10H2,1-5H3. The Bertz CT molecular complexity index is 352. The maximum absolute atomic E-state index is 5.74. The first-order valence-corrected chi connectivity index (χ1v) is 8.05. The monoisotopic (exact) mass is 269 g/mol. The summed E-state index contributed by atoms with van der Waals surface area (Å²) in [6.07, 6.45) is 0. The van der Waals surface area contributed by atoms with E-state index in [2.05, 4.69) is 37.4 Å². The number of anilines is 1.